The van der Waals surface area contributed by atoms with Gasteiger partial charge in [-0.15, -0.1) is 22.9 Å². The van der Waals surface area contributed by atoms with Crippen molar-refractivity contribution in [3.8, 4) is 0 Å². The van der Waals surface area contributed by atoms with Crippen molar-refractivity contribution in [2.24, 2.45) is 0 Å². The van der Waals surface area contributed by atoms with Crippen LogP contribution in [0.3, 0.4) is 0 Å². The van der Waals surface area contributed by atoms with Crippen LogP contribution in [0.15, 0.2) is 16.2 Å². The molecule has 0 spiro atoms. The van der Waals surface area contributed by atoms with Crippen molar-refractivity contribution >= 4 is 75.3 Å². The molecule has 0 saturated carbocycles. The van der Waals surface area contributed by atoms with Crippen LogP contribution < -0.4 is 15.2 Å². The summed E-state index contributed by atoms with van der Waals surface area (Å²) in [7, 11) is -0.184. The lowest BCUT2D eigenvalue weighted by molar-refractivity contribution is -0.139. The Balaban J connectivity index is 1.69. The predicted octanol–water partition coefficient (Wildman–Crippen LogP) is 2.32. The molecule has 15 heteroatoms. The molecule has 0 radical (unpaired) electrons. The average Bonchev–Trinajstić information content (AvgIpc) is 3.26. The molecule has 1 saturated heterocycles. The smallest absolute Gasteiger partial charge is 0.462 e. The summed E-state index contributed by atoms with van der Waals surface area (Å²) in [6.07, 6.45) is -0.277. The summed E-state index contributed by atoms with van der Waals surface area (Å²) in [5, 5.41) is 1.76. The highest BCUT2D eigenvalue weighted by Crippen LogP contribution is 2.43. The monoisotopic (exact) mass is 565 g/mol. The highest BCUT2D eigenvalue weighted by atomic mass is 35.5. The maximum atomic E-state index is 15.8. The minimum atomic E-state index is -1.99. The number of alkyl halides is 1. The van der Waals surface area contributed by atoms with E-state index >= 15 is 4.39 Å². The summed E-state index contributed by atoms with van der Waals surface area (Å²) in [5.41, 5.74) is 0.885. The predicted molar refractivity (Wildman–Crippen MR) is 138 cm³/mol. The number of anilines is 2. The zero-order chi connectivity index (χ0) is 27.3. The van der Waals surface area contributed by atoms with Crippen LogP contribution in [0.5, 0.6) is 0 Å². The largest absolute Gasteiger partial charge is 0.870 e. The molecule has 1 atom stereocenters. The van der Waals surface area contributed by atoms with Crippen LogP contribution in [0.1, 0.15) is 29.9 Å². The molecule has 0 amide bonds. The lowest BCUT2D eigenvalue weighted by Crippen LogP contribution is -2.44. The molecule has 1 fully saturated rings. The molecule has 2 aliphatic heterocycles. The summed E-state index contributed by atoms with van der Waals surface area (Å²) in [5.74, 6) is -3.32. The van der Waals surface area contributed by atoms with Gasteiger partial charge in [0.25, 0.3) is 11.9 Å². The molecule has 38 heavy (non-hydrogen) atoms. The normalized spacial score (nSPS) is 16.7. The first kappa shape index (κ1) is 26.3. The lowest BCUT2D eigenvalue weighted by Gasteiger charge is -2.38. The van der Waals surface area contributed by atoms with E-state index < -0.39 is 42.0 Å². The topological polar surface area (TPSA) is 116 Å². The number of hydrogen-bond donors (Lipinski definition) is 0. The van der Waals surface area contributed by atoms with Gasteiger partial charge in [-0.05, 0) is 6.07 Å². The van der Waals surface area contributed by atoms with Crippen LogP contribution in [0, 0.1) is 5.82 Å². The second kappa shape index (κ2) is 10.1. The quantitative estimate of drug-likeness (QED) is 0.326. The molecule has 0 N–H and O–H groups in total. The Morgan fingerprint density at radius 1 is 1.21 bits per heavy atom. The van der Waals surface area contributed by atoms with E-state index in [0.717, 1.165) is 36.9 Å². The number of pyridine rings is 1. The number of ether oxygens (including phenoxy) is 1. The number of nitrogens with zero attached hydrogens (tertiary/aromatic N) is 3. The van der Waals surface area contributed by atoms with Gasteiger partial charge in [0.2, 0.25) is 5.43 Å². The van der Waals surface area contributed by atoms with Crippen molar-refractivity contribution in [2.45, 2.75) is 26.5 Å². The van der Waals surface area contributed by atoms with E-state index in [1.807, 2.05) is 9.80 Å². The second-order valence-corrected chi connectivity index (χ2v) is 10.1. The maximum Gasteiger partial charge on any atom is 0.870 e. The first-order valence-electron chi connectivity index (χ1n) is 11.6. The van der Waals surface area contributed by atoms with Crippen LogP contribution in [-0.4, -0.2) is 68.4 Å². The molecule has 5 rings (SSSR count). The number of morpholine rings is 1. The van der Waals surface area contributed by atoms with E-state index in [4.69, 9.17) is 30.3 Å². The van der Waals surface area contributed by atoms with E-state index in [1.165, 1.54) is 0 Å². The van der Waals surface area contributed by atoms with Gasteiger partial charge in [-0.1, -0.05) is 0 Å². The van der Waals surface area contributed by atoms with Gasteiger partial charge in [0.15, 0.2) is 0 Å². The Morgan fingerprint density at radius 3 is 2.58 bits per heavy atom. The Kier molecular flexibility index (Phi) is 6.96. The van der Waals surface area contributed by atoms with Crippen molar-refractivity contribution in [3.63, 3.8) is 0 Å². The van der Waals surface area contributed by atoms with Gasteiger partial charge in [-0.3, -0.25) is 18.8 Å². The summed E-state index contributed by atoms with van der Waals surface area (Å²) >= 11 is 7.14. The van der Waals surface area contributed by atoms with E-state index in [2.05, 4.69) is 0 Å². The second-order valence-electron chi connectivity index (χ2n) is 8.89. The Hall–Kier alpha value is -3.36. The first-order chi connectivity index (χ1) is 18.1. The average molecular weight is 566 g/mol. The molecule has 200 valence electrons. The molecule has 2 aliphatic rings. The SMILES string of the molecule is CC(=O)OB(OC(C)=O)OC(=O)c1c(=O)c2cc(F)c(N3CCOC(CCl)C3)c3c2n2c(csc12)CN3C. The molecule has 0 aliphatic carbocycles. The van der Waals surface area contributed by atoms with Gasteiger partial charge in [0, 0.05) is 39.4 Å². The van der Waals surface area contributed by atoms with Gasteiger partial charge in [-0.25, -0.2) is 9.18 Å². The number of hydrogen-bond acceptors (Lipinski definition) is 11. The van der Waals surface area contributed by atoms with E-state index in [9.17, 15) is 19.2 Å². The highest BCUT2D eigenvalue weighted by molar-refractivity contribution is 7.16. The first-order valence-corrected chi connectivity index (χ1v) is 13.0. The third-order valence-corrected chi connectivity index (χ3v) is 7.59. The molecule has 1 aromatic carbocycles. The molecule has 2 aromatic heterocycles. The summed E-state index contributed by atoms with van der Waals surface area (Å²) < 4.78 is 37.7. The maximum absolute atomic E-state index is 15.8. The molecule has 3 aromatic rings. The molecule has 1 unspecified atom stereocenters. The van der Waals surface area contributed by atoms with E-state index in [0.29, 0.717) is 43.1 Å². The zero-order valence-corrected chi connectivity index (χ0v) is 22.2. The number of halogens is 2. The van der Waals surface area contributed by atoms with Crippen molar-refractivity contribution < 1.29 is 37.5 Å². The Labute approximate surface area is 224 Å². The van der Waals surface area contributed by atoms with Crippen LogP contribution >= 0.6 is 22.9 Å². The van der Waals surface area contributed by atoms with Crippen molar-refractivity contribution in [1.82, 2.24) is 4.40 Å². The summed E-state index contributed by atoms with van der Waals surface area (Å²) in [4.78, 5) is 53.6. The van der Waals surface area contributed by atoms with Crippen molar-refractivity contribution in [2.75, 3.05) is 42.4 Å². The fourth-order valence-corrected chi connectivity index (χ4v) is 6.02. The third kappa shape index (κ3) is 4.46. The van der Waals surface area contributed by atoms with Gasteiger partial charge in [-0.2, -0.15) is 0 Å². The van der Waals surface area contributed by atoms with E-state index in [1.54, 1.807) is 16.8 Å². The minimum Gasteiger partial charge on any atom is -0.462 e. The van der Waals surface area contributed by atoms with Crippen molar-refractivity contribution in [3.05, 3.63) is 38.7 Å². The summed E-state index contributed by atoms with van der Waals surface area (Å²) in [6, 6.07) is 1.11. The Morgan fingerprint density at radius 2 is 1.92 bits per heavy atom. The van der Waals surface area contributed by atoms with Crippen molar-refractivity contribution in [1.29, 1.82) is 0 Å². The lowest BCUT2D eigenvalue weighted by atomic mass is 10.0. The van der Waals surface area contributed by atoms with Crippen LogP contribution in [0.4, 0.5) is 15.8 Å². The van der Waals surface area contributed by atoms with Gasteiger partial charge in [0.1, 0.15) is 16.2 Å². The number of carbonyl (C=O) groups is 3. The highest BCUT2D eigenvalue weighted by Gasteiger charge is 2.38. The van der Waals surface area contributed by atoms with E-state index in [-0.39, 0.29) is 22.2 Å². The van der Waals surface area contributed by atoms with Crippen LogP contribution in [-0.2, 0) is 34.8 Å². The fourth-order valence-electron chi connectivity index (χ4n) is 4.80. The van der Waals surface area contributed by atoms with Crippen LogP contribution in [0.25, 0.3) is 15.7 Å². The standard InChI is InChI=1S/C23H22BClFN3O8S/c1-11(30)35-24(36-12(2)31)37-23(33)17-21(32)15-6-16(26)19(28-4-5-34-14(7-25)9-28)20-18(15)29-13(8-27(20)3)10-38-22(17)29/h6,10,14H,4-5,7-9H2,1-3H3. The third-order valence-electron chi connectivity index (χ3n) is 6.25. The minimum absolute atomic E-state index is 0.0319. The molecular weight excluding hydrogens is 544 g/mol. The Bertz CT molecular complexity index is 1530. The molecule has 0 bridgehead atoms. The number of benzene rings is 1. The number of thiazole rings is 1. The zero-order valence-electron chi connectivity index (χ0n) is 20.6. The van der Waals surface area contributed by atoms with Crippen LogP contribution in [0.2, 0.25) is 0 Å². The molecule has 4 heterocycles. The molecule has 11 nitrogen and oxygen atoms in total. The van der Waals surface area contributed by atoms with Gasteiger partial charge >= 0.3 is 13.3 Å². The number of carbonyl (C=O) groups excluding carboxylic acids is 3. The van der Waals surface area contributed by atoms with Gasteiger partial charge in [0.05, 0.1) is 53.1 Å². The summed E-state index contributed by atoms with van der Waals surface area (Å²) in [6.45, 7) is 3.62. The number of rotatable bonds is 6. The fraction of sp³-hybridized carbons (Fsp3) is 0.391. The number of aromatic nitrogens is 1. The molecular formula is C23H22BClFN3O8S. The van der Waals surface area contributed by atoms with Gasteiger partial charge < -0.3 is 28.5 Å².